The molecule has 2 bridgehead atoms. The second kappa shape index (κ2) is 5.41. The third kappa shape index (κ3) is 2.17. The van der Waals surface area contributed by atoms with E-state index in [9.17, 15) is 14.4 Å². The molecule has 0 aliphatic carbocycles. The Balaban J connectivity index is 1.72. The molecule has 130 valence electrons. The molecule has 2 saturated heterocycles. The number of halogens is 1. The highest BCUT2D eigenvalue weighted by atomic mass is 35.5. The lowest BCUT2D eigenvalue weighted by molar-refractivity contribution is -0.126. The van der Waals surface area contributed by atoms with Crippen LogP contribution >= 0.6 is 11.6 Å². The summed E-state index contributed by atoms with van der Waals surface area (Å²) in [4.78, 5) is 39.0. The van der Waals surface area contributed by atoms with Crippen molar-refractivity contribution in [1.82, 2.24) is 0 Å². The van der Waals surface area contributed by atoms with Crippen molar-refractivity contribution < 1.29 is 23.9 Å². The smallest absolute Gasteiger partial charge is 0.339 e. The normalized spacial score (nSPS) is 32.4. The number of esters is 1. The minimum atomic E-state index is -0.757. The number of fused-ring (bicyclic) bond motifs is 5. The minimum absolute atomic E-state index is 0.127. The molecule has 3 heterocycles. The number of carbonyl (C=O) groups excluding carboxylic acids is 3. The summed E-state index contributed by atoms with van der Waals surface area (Å²) in [5, 5.41) is 0.207. The average molecular weight is 362 g/mol. The maximum Gasteiger partial charge on any atom is 0.339 e. The molecule has 4 rings (SSSR count). The minimum Gasteiger partial charge on any atom is -0.462 e. The van der Waals surface area contributed by atoms with Crippen LogP contribution in [-0.2, 0) is 19.1 Å². The Kier molecular flexibility index (Phi) is 3.53. The summed E-state index contributed by atoms with van der Waals surface area (Å²) in [6.45, 7) is 3.71. The zero-order valence-electron chi connectivity index (χ0n) is 13.7. The van der Waals surface area contributed by atoms with Crippen LogP contribution in [0.15, 0.2) is 30.4 Å². The molecule has 0 unspecified atom stereocenters. The fourth-order valence-corrected chi connectivity index (χ4v) is 4.12. The van der Waals surface area contributed by atoms with Gasteiger partial charge in [-0.1, -0.05) is 23.8 Å². The second-order valence-corrected chi connectivity index (χ2v) is 6.93. The van der Waals surface area contributed by atoms with Crippen LogP contribution in [0, 0.1) is 11.8 Å². The van der Waals surface area contributed by atoms with E-state index in [2.05, 4.69) is 0 Å². The predicted molar refractivity (Wildman–Crippen MR) is 89.3 cm³/mol. The molecule has 0 saturated carbocycles. The Morgan fingerprint density at radius 3 is 2.80 bits per heavy atom. The van der Waals surface area contributed by atoms with Gasteiger partial charge in [0, 0.05) is 0 Å². The van der Waals surface area contributed by atoms with Gasteiger partial charge in [-0.25, -0.2) is 9.69 Å². The molecule has 0 radical (unpaired) electrons. The molecule has 7 heteroatoms. The number of carbonyl (C=O) groups is 3. The first kappa shape index (κ1) is 16.3. The van der Waals surface area contributed by atoms with Gasteiger partial charge in [0.05, 0.1) is 46.4 Å². The van der Waals surface area contributed by atoms with E-state index in [0.717, 1.165) is 4.90 Å². The zero-order chi connectivity index (χ0) is 17.9. The van der Waals surface area contributed by atoms with E-state index in [0.29, 0.717) is 5.69 Å². The monoisotopic (exact) mass is 361 g/mol. The summed E-state index contributed by atoms with van der Waals surface area (Å²) in [6, 6.07) is 4.47. The van der Waals surface area contributed by atoms with Gasteiger partial charge < -0.3 is 9.47 Å². The Bertz CT molecular complexity index is 835. The Morgan fingerprint density at radius 1 is 1.36 bits per heavy atom. The quantitative estimate of drug-likeness (QED) is 0.469. The lowest BCUT2D eigenvalue weighted by Gasteiger charge is -2.24. The van der Waals surface area contributed by atoms with Gasteiger partial charge in [-0.15, -0.1) is 0 Å². The molecule has 2 fully saturated rings. The van der Waals surface area contributed by atoms with Crippen LogP contribution in [0.3, 0.4) is 0 Å². The molecule has 25 heavy (non-hydrogen) atoms. The number of benzene rings is 1. The number of anilines is 1. The van der Waals surface area contributed by atoms with E-state index in [1.807, 2.05) is 19.1 Å². The molecule has 0 spiro atoms. The third-order valence-corrected chi connectivity index (χ3v) is 5.36. The molecule has 1 aromatic rings. The first-order chi connectivity index (χ1) is 11.9. The van der Waals surface area contributed by atoms with Crippen LogP contribution in [0.2, 0.25) is 5.02 Å². The summed E-state index contributed by atoms with van der Waals surface area (Å²) in [5.74, 6) is -2.29. The molecule has 2 amide bonds. The lowest BCUT2D eigenvalue weighted by Crippen LogP contribution is -2.38. The Morgan fingerprint density at radius 2 is 2.12 bits per heavy atom. The van der Waals surface area contributed by atoms with E-state index in [-0.39, 0.29) is 35.1 Å². The lowest BCUT2D eigenvalue weighted by atomic mass is 9.78. The van der Waals surface area contributed by atoms with Crippen molar-refractivity contribution >= 4 is 35.1 Å². The van der Waals surface area contributed by atoms with Crippen molar-refractivity contribution in [1.29, 1.82) is 0 Å². The molecule has 1 aromatic carbocycles. The number of rotatable bonds is 3. The molecule has 0 aromatic heterocycles. The van der Waals surface area contributed by atoms with Gasteiger partial charge in [0.15, 0.2) is 0 Å². The maximum absolute atomic E-state index is 12.9. The number of hydrogen-bond acceptors (Lipinski definition) is 5. The summed E-state index contributed by atoms with van der Waals surface area (Å²) in [7, 11) is 0. The van der Waals surface area contributed by atoms with Gasteiger partial charge in [-0.2, -0.15) is 0 Å². The standard InChI is InChI=1S/C18H16ClNO5/c1-3-24-17(23)10-8-9(4-5-11(10)19)20-15(21)13-12-6-7-18(2,25-12)14(13)16(20)22/h4-8,12-14H,3H2,1-2H3/t12-,13-,14-,18-/m1/s1. The van der Waals surface area contributed by atoms with E-state index < -0.39 is 23.4 Å². The van der Waals surface area contributed by atoms with Gasteiger partial charge >= 0.3 is 5.97 Å². The van der Waals surface area contributed by atoms with Gasteiger partial charge in [0.25, 0.3) is 0 Å². The Labute approximate surface area is 149 Å². The highest BCUT2D eigenvalue weighted by Crippen LogP contribution is 2.52. The average Bonchev–Trinajstić information content (AvgIpc) is 3.17. The van der Waals surface area contributed by atoms with Gasteiger partial charge in [-0.05, 0) is 32.0 Å². The summed E-state index contributed by atoms with van der Waals surface area (Å²) < 4.78 is 10.8. The largest absolute Gasteiger partial charge is 0.462 e. The molecule has 4 atom stereocenters. The molecule has 3 aliphatic rings. The van der Waals surface area contributed by atoms with Crippen LogP contribution in [-0.4, -0.2) is 36.1 Å². The van der Waals surface area contributed by atoms with Crippen LogP contribution in [0.25, 0.3) is 0 Å². The number of hydrogen-bond donors (Lipinski definition) is 0. The highest BCUT2D eigenvalue weighted by molar-refractivity contribution is 6.34. The van der Waals surface area contributed by atoms with Gasteiger partial charge in [0.2, 0.25) is 11.8 Å². The molecule has 3 aliphatic heterocycles. The first-order valence-corrected chi connectivity index (χ1v) is 8.47. The third-order valence-electron chi connectivity index (χ3n) is 5.03. The van der Waals surface area contributed by atoms with E-state index in [4.69, 9.17) is 21.1 Å². The molecule has 0 N–H and O–H groups in total. The first-order valence-electron chi connectivity index (χ1n) is 8.09. The van der Waals surface area contributed by atoms with Crippen molar-refractivity contribution in [3.8, 4) is 0 Å². The SMILES string of the molecule is CCOC(=O)c1cc(N2C(=O)[C@@H]3[C@H]4C=C[C@@](C)(O4)[C@H]3C2=O)ccc1Cl. The van der Waals surface area contributed by atoms with Gasteiger partial charge in [0.1, 0.15) is 0 Å². The Hall–Kier alpha value is -2.18. The summed E-state index contributed by atoms with van der Waals surface area (Å²) in [5.41, 5.74) is -0.310. The van der Waals surface area contributed by atoms with E-state index >= 15 is 0 Å². The molecule has 6 nitrogen and oxygen atoms in total. The van der Waals surface area contributed by atoms with Crippen molar-refractivity contribution in [3.05, 3.63) is 40.9 Å². The van der Waals surface area contributed by atoms with E-state index in [1.54, 1.807) is 13.0 Å². The van der Waals surface area contributed by atoms with Crippen molar-refractivity contribution in [2.24, 2.45) is 11.8 Å². The van der Waals surface area contributed by atoms with Crippen LogP contribution in [0.4, 0.5) is 5.69 Å². The summed E-state index contributed by atoms with van der Waals surface area (Å²) >= 11 is 6.06. The summed E-state index contributed by atoms with van der Waals surface area (Å²) in [6.07, 6.45) is 3.30. The zero-order valence-corrected chi connectivity index (χ0v) is 14.4. The fraction of sp³-hybridized carbons (Fsp3) is 0.389. The second-order valence-electron chi connectivity index (χ2n) is 6.53. The number of nitrogens with zero attached hydrogens (tertiary/aromatic N) is 1. The van der Waals surface area contributed by atoms with E-state index in [1.165, 1.54) is 12.1 Å². The van der Waals surface area contributed by atoms with Crippen molar-refractivity contribution in [3.63, 3.8) is 0 Å². The predicted octanol–water partition coefficient (Wildman–Crippen LogP) is 2.35. The topological polar surface area (TPSA) is 72.9 Å². The van der Waals surface area contributed by atoms with Crippen molar-refractivity contribution in [2.45, 2.75) is 25.6 Å². The van der Waals surface area contributed by atoms with Crippen LogP contribution in [0.1, 0.15) is 24.2 Å². The van der Waals surface area contributed by atoms with Crippen LogP contribution < -0.4 is 4.90 Å². The molecular weight excluding hydrogens is 346 g/mol. The fourth-order valence-electron chi connectivity index (χ4n) is 3.92. The van der Waals surface area contributed by atoms with Crippen LogP contribution in [0.5, 0.6) is 0 Å². The molecular formula is C18H16ClNO5. The number of amides is 2. The highest BCUT2D eigenvalue weighted by Gasteiger charge is 2.66. The number of imide groups is 1. The number of ether oxygens (including phenoxy) is 2. The van der Waals surface area contributed by atoms with Gasteiger partial charge in [-0.3, -0.25) is 9.59 Å². The maximum atomic E-state index is 12.9. The van der Waals surface area contributed by atoms with Crippen molar-refractivity contribution in [2.75, 3.05) is 11.5 Å².